The van der Waals surface area contributed by atoms with E-state index in [-0.39, 0.29) is 11.0 Å². The topological polar surface area (TPSA) is 9.23 Å². The fourth-order valence-electron chi connectivity index (χ4n) is 5.10. The summed E-state index contributed by atoms with van der Waals surface area (Å²) in [5, 5.41) is 0. The first kappa shape index (κ1) is 13.9. The van der Waals surface area contributed by atoms with Crippen LogP contribution in [0.4, 0.5) is 0 Å². The van der Waals surface area contributed by atoms with Crippen LogP contribution < -0.4 is 0 Å². The van der Waals surface area contributed by atoms with Crippen molar-refractivity contribution < 1.29 is 4.74 Å². The van der Waals surface area contributed by atoms with Crippen molar-refractivity contribution in [3.05, 3.63) is 0 Å². The predicted octanol–water partition coefficient (Wildman–Crippen LogP) is 5.04. The zero-order valence-corrected chi connectivity index (χ0v) is 13.5. The molecular formula is C18H32O. The summed E-state index contributed by atoms with van der Waals surface area (Å²) in [4.78, 5) is 0. The van der Waals surface area contributed by atoms with Crippen LogP contribution >= 0.6 is 0 Å². The quantitative estimate of drug-likeness (QED) is 0.691. The highest BCUT2D eigenvalue weighted by Crippen LogP contribution is 2.60. The minimum atomic E-state index is 0.00496. The van der Waals surface area contributed by atoms with Gasteiger partial charge in [0.05, 0.1) is 11.7 Å². The molecule has 3 saturated carbocycles. The van der Waals surface area contributed by atoms with Gasteiger partial charge in [0.1, 0.15) is 0 Å². The summed E-state index contributed by atoms with van der Waals surface area (Å²) in [5.41, 5.74) is 0.273. The van der Waals surface area contributed by atoms with Gasteiger partial charge < -0.3 is 4.74 Å². The van der Waals surface area contributed by atoms with E-state index in [4.69, 9.17) is 4.74 Å². The van der Waals surface area contributed by atoms with E-state index in [2.05, 4.69) is 34.6 Å². The van der Waals surface area contributed by atoms with Crippen LogP contribution in [0.15, 0.2) is 0 Å². The Kier molecular flexibility index (Phi) is 3.28. The second-order valence-electron chi connectivity index (χ2n) is 8.56. The van der Waals surface area contributed by atoms with Crippen molar-refractivity contribution in [2.45, 2.75) is 84.8 Å². The van der Waals surface area contributed by atoms with Crippen molar-refractivity contribution in [1.82, 2.24) is 0 Å². The van der Waals surface area contributed by atoms with Gasteiger partial charge in [-0.25, -0.2) is 0 Å². The Morgan fingerprint density at radius 1 is 0.947 bits per heavy atom. The van der Waals surface area contributed by atoms with Crippen LogP contribution in [0.25, 0.3) is 0 Å². The molecule has 0 saturated heterocycles. The maximum Gasteiger partial charge on any atom is 0.0680 e. The number of hydrogen-bond acceptors (Lipinski definition) is 1. The number of ether oxygens (including phenoxy) is 1. The van der Waals surface area contributed by atoms with Gasteiger partial charge in [-0.1, -0.05) is 27.2 Å². The van der Waals surface area contributed by atoms with Crippen LogP contribution in [0, 0.1) is 29.1 Å². The first-order valence-corrected chi connectivity index (χ1v) is 8.53. The lowest BCUT2D eigenvalue weighted by Crippen LogP contribution is -2.46. The van der Waals surface area contributed by atoms with Gasteiger partial charge in [-0.2, -0.15) is 0 Å². The van der Waals surface area contributed by atoms with Crippen LogP contribution in [-0.4, -0.2) is 11.7 Å². The minimum Gasteiger partial charge on any atom is -0.371 e. The van der Waals surface area contributed by atoms with E-state index in [0.29, 0.717) is 6.10 Å². The van der Waals surface area contributed by atoms with E-state index in [1.54, 1.807) is 0 Å². The van der Waals surface area contributed by atoms with Crippen molar-refractivity contribution in [2.24, 2.45) is 29.1 Å². The average molecular weight is 264 g/mol. The first-order chi connectivity index (χ1) is 8.86. The maximum atomic E-state index is 6.70. The first-order valence-electron chi connectivity index (χ1n) is 8.53. The lowest BCUT2D eigenvalue weighted by molar-refractivity contribution is -0.159. The predicted molar refractivity (Wildman–Crippen MR) is 80.1 cm³/mol. The van der Waals surface area contributed by atoms with Crippen molar-refractivity contribution in [1.29, 1.82) is 0 Å². The molecule has 5 unspecified atom stereocenters. The number of hydrogen-bond donors (Lipinski definition) is 0. The summed E-state index contributed by atoms with van der Waals surface area (Å²) in [6.45, 7) is 11.6. The van der Waals surface area contributed by atoms with Crippen molar-refractivity contribution in [3.8, 4) is 0 Å². The molecule has 0 aromatic carbocycles. The van der Waals surface area contributed by atoms with Crippen LogP contribution in [0.5, 0.6) is 0 Å². The maximum absolute atomic E-state index is 6.70. The molecule has 1 nitrogen and oxygen atoms in total. The summed E-state index contributed by atoms with van der Waals surface area (Å²) in [7, 11) is 0. The molecule has 0 N–H and O–H groups in total. The van der Waals surface area contributed by atoms with Crippen molar-refractivity contribution >= 4 is 0 Å². The molecule has 3 fully saturated rings. The molecule has 2 bridgehead atoms. The highest BCUT2D eigenvalue weighted by atomic mass is 16.5. The van der Waals surface area contributed by atoms with Crippen LogP contribution in [0.2, 0.25) is 0 Å². The second kappa shape index (κ2) is 4.48. The zero-order chi connectivity index (χ0) is 13.8. The van der Waals surface area contributed by atoms with Gasteiger partial charge in [0.25, 0.3) is 0 Å². The van der Waals surface area contributed by atoms with Gasteiger partial charge in [-0.05, 0) is 75.0 Å². The molecule has 0 aromatic rings. The highest BCUT2D eigenvalue weighted by molar-refractivity contribution is 5.04. The largest absolute Gasteiger partial charge is 0.371 e. The Morgan fingerprint density at radius 3 is 2.32 bits per heavy atom. The Morgan fingerprint density at radius 2 is 1.63 bits per heavy atom. The molecule has 0 radical (unpaired) electrons. The van der Waals surface area contributed by atoms with Crippen molar-refractivity contribution in [3.63, 3.8) is 0 Å². The molecule has 0 heterocycles. The number of rotatable bonds is 4. The molecule has 110 valence electrons. The standard InChI is InChI=1S/C18H32O/c1-6-17(2,3)18(4,5)19-16-11-12-10-15(16)14-9-7-8-13(12)14/h12-16H,6-11H2,1-5H3. The molecule has 5 atom stereocenters. The third kappa shape index (κ3) is 2.07. The Balaban J connectivity index is 1.69. The summed E-state index contributed by atoms with van der Waals surface area (Å²) in [5.74, 6) is 3.99. The second-order valence-corrected chi connectivity index (χ2v) is 8.56. The monoisotopic (exact) mass is 264 g/mol. The van der Waals surface area contributed by atoms with E-state index < -0.39 is 0 Å². The van der Waals surface area contributed by atoms with E-state index in [9.17, 15) is 0 Å². The van der Waals surface area contributed by atoms with E-state index in [0.717, 1.165) is 23.7 Å². The molecule has 3 aliphatic rings. The SMILES string of the molecule is CCC(C)(C)C(C)(C)OC1CC2CC1C1CCCC21. The fraction of sp³-hybridized carbons (Fsp3) is 1.00. The Bertz CT molecular complexity index is 344. The van der Waals surface area contributed by atoms with E-state index in [1.165, 1.54) is 38.5 Å². The van der Waals surface area contributed by atoms with E-state index in [1.807, 2.05) is 0 Å². The van der Waals surface area contributed by atoms with Gasteiger partial charge in [0.15, 0.2) is 0 Å². The van der Waals surface area contributed by atoms with Gasteiger partial charge in [0, 0.05) is 0 Å². The Labute approximate surface area is 119 Å². The van der Waals surface area contributed by atoms with Crippen molar-refractivity contribution in [2.75, 3.05) is 0 Å². The molecule has 0 amide bonds. The molecular weight excluding hydrogens is 232 g/mol. The average Bonchev–Trinajstić information content (AvgIpc) is 2.98. The summed E-state index contributed by atoms with van der Waals surface area (Å²) in [6, 6.07) is 0. The number of fused-ring (bicyclic) bond motifs is 5. The van der Waals surface area contributed by atoms with Gasteiger partial charge in [-0.3, -0.25) is 0 Å². The normalized spacial score (nSPS) is 41.8. The molecule has 3 rings (SSSR count). The van der Waals surface area contributed by atoms with E-state index >= 15 is 0 Å². The molecule has 19 heavy (non-hydrogen) atoms. The smallest absolute Gasteiger partial charge is 0.0680 e. The summed E-state index contributed by atoms with van der Waals surface area (Å²) < 4.78 is 6.70. The molecule has 0 spiro atoms. The zero-order valence-electron chi connectivity index (χ0n) is 13.5. The van der Waals surface area contributed by atoms with Crippen LogP contribution in [0.3, 0.4) is 0 Å². The third-order valence-electron chi connectivity index (χ3n) is 7.33. The molecule has 0 aromatic heterocycles. The van der Waals surface area contributed by atoms with Gasteiger partial charge in [0.2, 0.25) is 0 Å². The van der Waals surface area contributed by atoms with Crippen LogP contribution in [0.1, 0.15) is 73.1 Å². The molecule has 1 heteroatoms. The minimum absolute atomic E-state index is 0.00496. The molecule has 3 aliphatic carbocycles. The fourth-order valence-corrected chi connectivity index (χ4v) is 5.10. The third-order valence-corrected chi connectivity index (χ3v) is 7.33. The van der Waals surface area contributed by atoms with Gasteiger partial charge >= 0.3 is 0 Å². The van der Waals surface area contributed by atoms with Gasteiger partial charge in [-0.15, -0.1) is 0 Å². The lowest BCUT2D eigenvalue weighted by atomic mass is 9.74. The Hall–Kier alpha value is -0.0400. The lowest BCUT2D eigenvalue weighted by Gasteiger charge is -2.45. The molecule has 0 aliphatic heterocycles. The highest BCUT2D eigenvalue weighted by Gasteiger charge is 2.55. The summed E-state index contributed by atoms with van der Waals surface area (Å²) >= 11 is 0. The van der Waals surface area contributed by atoms with Crippen LogP contribution in [-0.2, 0) is 4.74 Å². The summed E-state index contributed by atoms with van der Waals surface area (Å²) in [6.07, 6.45) is 9.07.